The summed E-state index contributed by atoms with van der Waals surface area (Å²) >= 11 is 3.46. The molecule has 2 rings (SSSR count). The number of nitrogens with zero attached hydrogens (tertiary/aromatic N) is 3. The van der Waals surface area contributed by atoms with E-state index in [9.17, 15) is 0 Å². The monoisotopic (exact) mass is 272 g/mol. The van der Waals surface area contributed by atoms with E-state index in [2.05, 4.69) is 36.1 Å². The topological polar surface area (TPSA) is 50.3 Å². The highest BCUT2D eigenvalue weighted by Gasteiger charge is 2.16. The van der Waals surface area contributed by atoms with Crippen LogP contribution in [-0.2, 0) is 4.74 Å². The predicted molar refractivity (Wildman–Crippen MR) is 62.3 cm³/mol. The van der Waals surface area contributed by atoms with Gasteiger partial charge in [-0.05, 0) is 15.9 Å². The first-order valence-corrected chi connectivity index (χ1v) is 5.63. The second-order valence-electron chi connectivity index (χ2n) is 3.21. The molecule has 1 N–H and O–H groups in total. The van der Waals surface area contributed by atoms with Crippen molar-refractivity contribution >= 4 is 27.7 Å². The molecule has 0 saturated carbocycles. The zero-order chi connectivity index (χ0) is 10.7. The van der Waals surface area contributed by atoms with E-state index in [0.717, 1.165) is 36.6 Å². The lowest BCUT2D eigenvalue weighted by Crippen LogP contribution is -2.37. The molecule has 0 radical (unpaired) electrons. The zero-order valence-corrected chi connectivity index (χ0v) is 10.1. The number of anilines is 2. The predicted octanol–water partition coefficient (Wildman–Crippen LogP) is 1.12. The number of hydrogen-bond donors (Lipinski definition) is 1. The summed E-state index contributed by atoms with van der Waals surface area (Å²) in [6.45, 7) is 3.26. The molecular weight excluding hydrogens is 260 g/mol. The van der Waals surface area contributed by atoms with Crippen LogP contribution in [0, 0.1) is 0 Å². The largest absolute Gasteiger partial charge is 0.378 e. The van der Waals surface area contributed by atoms with Crippen molar-refractivity contribution in [2.45, 2.75) is 0 Å². The lowest BCUT2D eigenvalue weighted by atomic mass is 10.4. The Morgan fingerprint density at radius 2 is 2.20 bits per heavy atom. The van der Waals surface area contributed by atoms with Crippen molar-refractivity contribution in [3.05, 3.63) is 10.7 Å². The van der Waals surface area contributed by atoms with Crippen LogP contribution in [0.15, 0.2) is 10.7 Å². The van der Waals surface area contributed by atoms with Gasteiger partial charge < -0.3 is 15.0 Å². The number of aromatic nitrogens is 2. The Balaban J connectivity index is 2.24. The average molecular weight is 273 g/mol. The van der Waals surface area contributed by atoms with E-state index in [1.807, 2.05) is 7.05 Å². The summed E-state index contributed by atoms with van der Waals surface area (Å²) in [5.41, 5.74) is 0. The number of ether oxygens (including phenoxy) is 1. The fourth-order valence-electron chi connectivity index (χ4n) is 1.48. The van der Waals surface area contributed by atoms with Gasteiger partial charge in [0.2, 0.25) is 5.95 Å². The van der Waals surface area contributed by atoms with Crippen molar-refractivity contribution in [1.29, 1.82) is 0 Å². The van der Waals surface area contributed by atoms with Crippen LogP contribution >= 0.6 is 15.9 Å². The molecule has 2 heterocycles. The van der Waals surface area contributed by atoms with Gasteiger partial charge in [-0.15, -0.1) is 0 Å². The van der Waals surface area contributed by atoms with Gasteiger partial charge in [-0.2, -0.15) is 4.98 Å². The first kappa shape index (κ1) is 10.6. The Labute approximate surface area is 97.0 Å². The van der Waals surface area contributed by atoms with Crippen LogP contribution in [-0.4, -0.2) is 43.3 Å². The Morgan fingerprint density at radius 3 is 2.87 bits per heavy atom. The zero-order valence-electron chi connectivity index (χ0n) is 8.53. The Hall–Kier alpha value is -0.880. The smallest absolute Gasteiger partial charge is 0.224 e. The van der Waals surface area contributed by atoms with Crippen molar-refractivity contribution in [3.8, 4) is 0 Å². The van der Waals surface area contributed by atoms with E-state index < -0.39 is 0 Å². The van der Waals surface area contributed by atoms with Crippen LogP contribution in [0.4, 0.5) is 11.8 Å². The van der Waals surface area contributed by atoms with Gasteiger partial charge in [-0.25, -0.2) is 4.98 Å². The molecule has 15 heavy (non-hydrogen) atoms. The summed E-state index contributed by atoms with van der Waals surface area (Å²) in [6, 6.07) is 0. The van der Waals surface area contributed by atoms with Gasteiger partial charge in [0.05, 0.1) is 17.7 Å². The van der Waals surface area contributed by atoms with Crippen LogP contribution < -0.4 is 10.2 Å². The molecule has 0 atom stereocenters. The molecule has 1 fully saturated rings. The molecule has 0 aliphatic carbocycles. The van der Waals surface area contributed by atoms with Crippen molar-refractivity contribution < 1.29 is 4.74 Å². The highest BCUT2D eigenvalue weighted by atomic mass is 79.9. The summed E-state index contributed by atoms with van der Waals surface area (Å²) in [6.07, 6.45) is 1.77. The molecule has 0 aromatic carbocycles. The van der Waals surface area contributed by atoms with Crippen molar-refractivity contribution in [2.75, 3.05) is 43.6 Å². The third kappa shape index (κ3) is 2.38. The van der Waals surface area contributed by atoms with E-state index in [1.165, 1.54) is 0 Å². The Morgan fingerprint density at radius 1 is 1.47 bits per heavy atom. The second-order valence-corrected chi connectivity index (χ2v) is 4.07. The van der Waals surface area contributed by atoms with E-state index >= 15 is 0 Å². The second kappa shape index (κ2) is 4.76. The maximum atomic E-state index is 5.30. The van der Waals surface area contributed by atoms with Crippen LogP contribution in [0.5, 0.6) is 0 Å². The van der Waals surface area contributed by atoms with Gasteiger partial charge in [0.15, 0.2) is 0 Å². The van der Waals surface area contributed by atoms with Crippen LogP contribution in [0.1, 0.15) is 0 Å². The molecule has 1 saturated heterocycles. The fraction of sp³-hybridized carbons (Fsp3) is 0.556. The highest BCUT2D eigenvalue weighted by molar-refractivity contribution is 9.10. The SMILES string of the molecule is CNc1ncc(Br)c(N2CCOCC2)n1. The van der Waals surface area contributed by atoms with Crippen molar-refractivity contribution in [3.63, 3.8) is 0 Å². The minimum Gasteiger partial charge on any atom is -0.378 e. The third-order valence-corrected chi connectivity index (χ3v) is 2.82. The fourth-order valence-corrected chi connectivity index (χ4v) is 1.92. The summed E-state index contributed by atoms with van der Waals surface area (Å²) in [5.74, 6) is 1.57. The summed E-state index contributed by atoms with van der Waals surface area (Å²) < 4.78 is 6.22. The standard InChI is InChI=1S/C9H13BrN4O/c1-11-9-12-6-7(10)8(13-9)14-2-4-15-5-3-14/h6H,2-5H2,1H3,(H,11,12,13). The lowest BCUT2D eigenvalue weighted by molar-refractivity contribution is 0.122. The molecule has 6 heteroatoms. The Bertz CT molecular complexity index is 341. The maximum Gasteiger partial charge on any atom is 0.224 e. The molecule has 0 unspecified atom stereocenters. The molecule has 0 spiro atoms. The first-order valence-electron chi connectivity index (χ1n) is 4.84. The number of halogens is 1. The van der Waals surface area contributed by atoms with Crippen LogP contribution in [0.25, 0.3) is 0 Å². The number of rotatable bonds is 2. The van der Waals surface area contributed by atoms with Gasteiger partial charge in [0.1, 0.15) is 5.82 Å². The van der Waals surface area contributed by atoms with Gasteiger partial charge in [0.25, 0.3) is 0 Å². The minimum absolute atomic E-state index is 0.639. The van der Waals surface area contributed by atoms with Gasteiger partial charge in [-0.3, -0.25) is 0 Å². The molecule has 1 aliphatic heterocycles. The summed E-state index contributed by atoms with van der Waals surface area (Å²) in [5, 5.41) is 2.93. The van der Waals surface area contributed by atoms with Crippen LogP contribution in [0.3, 0.4) is 0 Å². The van der Waals surface area contributed by atoms with E-state index in [1.54, 1.807) is 6.20 Å². The van der Waals surface area contributed by atoms with E-state index in [-0.39, 0.29) is 0 Å². The Kier molecular flexibility index (Phi) is 3.37. The molecule has 82 valence electrons. The molecule has 0 amide bonds. The highest BCUT2D eigenvalue weighted by Crippen LogP contribution is 2.24. The molecular formula is C9H13BrN4O. The number of hydrogen-bond acceptors (Lipinski definition) is 5. The van der Waals surface area contributed by atoms with Crippen molar-refractivity contribution in [2.24, 2.45) is 0 Å². The van der Waals surface area contributed by atoms with Crippen molar-refractivity contribution in [1.82, 2.24) is 9.97 Å². The van der Waals surface area contributed by atoms with E-state index in [4.69, 9.17) is 4.74 Å². The molecule has 5 nitrogen and oxygen atoms in total. The van der Waals surface area contributed by atoms with Gasteiger partial charge in [0, 0.05) is 26.3 Å². The molecule has 0 bridgehead atoms. The normalized spacial score (nSPS) is 16.5. The summed E-state index contributed by atoms with van der Waals surface area (Å²) in [7, 11) is 1.81. The lowest BCUT2D eigenvalue weighted by Gasteiger charge is -2.28. The average Bonchev–Trinajstić information content (AvgIpc) is 2.31. The van der Waals surface area contributed by atoms with Gasteiger partial charge >= 0.3 is 0 Å². The van der Waals surface area contributed by atoms with Crippen LogP contribution in [0.2, 0.25) is 0 Å². The third-order valence-electron chi connectivity index (χ3n) is 2.26. The van der Waals surface area contributed by atoms with Gasteiger partial charge in [-0.1, -0.05) is 0 Å². The quantitative estimate of drug-likeness (QED) is 0.875. The molecule has 1 aromatic rings. The molecule has 1 aromatic heterocycles. The summed E-state index contributed by atoms with van der Waals surface area (Å²) in [4.78, 5) is 10.7. The van der Waals surface area contributed by atoms with E-state index in [0.29, 0.717) is 5.95 Å². The maximum absolute atomic E-state index is 5.30. The minimum atomic E-state index is 0.639. The number of morpholine rings is 1. The number of nitrogens with one attached hydrogen (secondary N) is 1. The first-order chi connectivity index (χ1) is 7.31. The molecule has 1 aliphatic rings.